The van der Waals surface area contributed by atoms with Crippen molar-refractivity contribution in [3.8, 4) is 11.6 Å². The van der Waals surface area contributed by atoms with Crippen molar-refractivity contribution in [1.82, 2.24) is 14.6 Å². The highest BCUT2D eigenvalue weighted by molar-refractivity contribution is 6.31. The Morgan fingerprint density at radius 1 is 1.26 bits per heavy atom. The second-order valence-electron chi connectivity index (χ2n) is 3.96. The Morgan fingerprint density at radius 3 is 2.95 bits per heavy atom. The fraction of sp³-hybridized carbons (Fsp3) is 0.0769. The minimum absolute atomic E-state index is 0.402. The average molecular weight is 275 g/mol. The first-order chi connectivity index (χ1) is 9.26. The summed E-state index contributed by atoms with van der Waals surface area (Å²) in [7, 11) is 0. The van der Waals surface area contributed by atoms with Crippen LogP contribution >= 0.6 is 11.6 Å². The van der Waals surface area contributed by atoms with E-state index in [4.69, 9.17) is 22.1 Å². The van der Waals surface area contributed by atoms with Crippen LogP contribution in [-0.2, 0) is 6.54 Å². The summed E-state index contributed by atoms with van der Waals surface area (Å²) in [6.45, 7) is 0.402. The molecule has 0 radical (unpaired) electrons. The molecule has 0 bridgehead atoms. The molecule has 96 valence electrons. The predicted octanol–water partition coefficient (Wildman–Crippen LogP) is 2.63. The molecule has 5 nitrogen and oxygen atoms in total. The van der Waals surface area contributed by atoms with Gasteiger partial charge in [0.25, 0.3) is 0 Å². The molecule has 0 atom stereocenters. The van der Waals surface area contributed by atoms with Crippen LogP contribution in [0, 0.1) is 0 Å². The van der Waals surface area contributed by atoms with Gasteiger partial charge in [-0.2, -0.15) is 10.1 Å². The molecule has 2 aromatic heterocycles. The highest BCUT2D eigenvalue weighted by Gasteiger charge is 2.04. The largest absolute Gasteiger partial charge is 0.439 e. The number of ether oxygens (including phenoxy) is 1. The Hall–Kier alpha value is -2.11. The molecule has 6 heteroatoms. The number of benzene rings is 1. The van der Waals surface area contributed by atoms with Crippen LogP contribution in [-0.4, -0.2) is 14.6 Å². The first kappa shape index (κ1) is 12.0. The Kier molecular flexibility index (Phi) is 3.06. The molecule has 0 saturated heterocycles. The first-order valence-corrected chi connectivity index (χ1v) is 6.11. The number of rotatable bonds is 3. The van der Waals surface area contributed by atoms with Gasteiger partial charge in [-0.05, 0) is 17.7 Å². The lowest BCUT2D eigenvalue weighted by atomic mass is 10.2. The Bertz CT molecular complexity index is 725. The number of nitrogens with zero attached hydrogens (tertiary/aromatic N) is 3. The first-order valence-electron chi connectivity index (χ1n) is 5.73. The van der Waals surface area contributed by atoms with Crippen LogP contribution in [0.2, 0.25) is 5.02 Å². The van der Waals surface area contributed by atoms with Crippen molar-refractivity contribution in [3.05, 3.63) is 53.3 Å². The summed E-state index contributed by atoms with van der Waals surface area (Å²) in [4.78, 5) is 4.31. The van der Waals surface area contributed by atoms with Crippen LogP contribution in [0.25, 0.3) is 5.65 Å². The second kappa shape index (κ2) is 4.87. The topological polar surface area (TPSA) is 65.4 Å². The molecule has 0 fully saturated rings. The van der Waals surface area contributed by atoms with Crippen molar-refractivity contribution in [1.29, 1.82) is 0 Å². The van der Waals surface area contributed by atoms with E-state index < -0.39 is 0 Å². The Labute approximate surface area is 114 Å². The highest BCUT2D eigenvalue weighted by atomic mass is 35.5. The monoisotopic (exact) mass is 274 g/mol. The van der Waals surface area contributed by atoms with E-state index in [1.807, 2.05) is 12.1 Å². The second-order valence-corrected chi connectivity index (χ2v) is 4.37. The van der Waals surface area contributed by atoms with Gasteiger partial charge in [-0.15, -0.1) is 0 Å². The summed E-state index contributed by atoms with van der Waals surface area (Å²) in [5, 5.41) is 4.66. The van der Waals surface area contributed by atoms with Crippen LogP contribution in [0.4, 0.5) is 0 Å². The van der Waals surface area contributed by atoms with Crippen molar-refractivity contribution >= 4 is 17.2 Å². The highest BCUT2D eigenvalue weighted by Crippen LogP contribution is 2.25. The van der Waals surface area contributed by atoms with Crippen LogP contribution in [0.3, 0.4) is 0 Å². The summed E-state index contributed by atoms with van der Waals surface area (Å²) in [5.74, 6) is 1.11. The van der Waals surface area contributed by atoms with Crippen LogP contribution in [0.15, 0.2) is 42.7 Å². The lowest BCUT2D eigenvalue weighted by molar-refractivity contribution is 0.462. The summed E-state index contributed by atoms with van der Waals surface area (Å²) < 4.78 is 7.32. The maximum Gasteiger partial charge on any atom is 0.222 e. The molecule has 2 N–H and O–H groups in total. The SMILES string of the molecule is NCc1ccc(Oc2ccn3nccc3n2)cc1Cl. The van der Waals surface area contributed by atoms with Crippen molar-refractivity contribution in [2.24, 2.45) is 5.73 Å². The fourth-order valence-electron chi connectivity index (χ4n) is 1.73. The average Bonchev–Trinajstić information content (AvgIpc) is 2.86. The molecule has 1 aromatic carbocycles. The molecule has 0 aliphatic carbocycles. The summed E-state index contributed by atoms with van der Waals surface area (Å²) >= 11 is 6.08. The van der Waals surface area contributed by atoms with Gasteiger partial charge in [0, 0.05) is 29.9 Å². The maximum atomic E-state index is 6.08. The standard InChI is InChI=1S/C13H11ClN4O/c14-11-7-10(2-1-9(11)8-15)19-13-4-6-18-12(17-13)3-5-16-18/h1-7H,8,15H2. The molecule has 3 aromatic rings. The number of fused-ring (bicyclic) bond motifs is 1. The minimum atomic E-state index is 0.402. The summed E-state index contributed by atoms with van der Waals surface area (Å²) in [5.41, 5.74) is 7.16. The van der Waals surface area contributed by atoms with Gasteiger partial charge in [0.2, 0.25) is 5.88 Å². The van der Waals surface area contributed by atoms with E-state index in [-0.39, 0.29) is 0 Å². The molecule has 0 aliphatic heterocycles. The molecular weight excluding hydrogens is 264 g/mol. The number of aromatic nitrogens is 3. The zero-order valence-corrected chi connectivity index (χ0v) is 10.7. The zero-order valence-electron chi connectivity index (χ0n) is 9.95. The van der Waals surface area contributed by atoms with E-state index in [1.165, 1.54) is 0 Å². The molecular formula is C13H11ClN4O. The summed E-state index contributed by atoms with van der Waals surface area (Å²) in [6.07, 6.45) is 3.46. The van der Waals surface area contributed by atoms with Crippen LogP contribution in [0.1, 0.15) is 5.56 Å². The van der Waals surface area contributed by atoms with E-state index in [1.54, 1.807) is 35.1 Å². The molecule has 0 saturated carbocycles. The van der Waals surface area contributed by atoms with E-state index in [0.29, 0.717) is 23.2 Å². The van der Waals surface area contributed by atoms with Crippen molar-refractivity contribution in [2.75, 3.05) is 0 Å². The molecule has 3 rings (SSSR count). The van der Waals surface area contributed by atoms with E-state index in [2.05, 4.69) is 10.1 Å². The van der Waals surface area contributed by atoms with Crippen LogP contribution < -0.4 is 10.5 Å². The summed E-state index contributed by atoms with van der Waals surface area (Å²) in [6, 6.07) is 8.93. The Balaban J connectivity index is 1.89. The molecule has 0 aliphatic rings. The number of halogens is 1. The van der Waals surface area contributed by atoms with E-state index in [0.717, 1.165) is 11.2 Å². The van der Waals surface area contributed by atoms with Gasteiger partial charge in [0.1, 0.15) is 5.75 Å². The van der Waals surface area contributed by atoms with Crippen molar-refractivity contribution in [2.45, 2.75) is 6.54 Å². The normalized spacial score (nSPS) is 10.8. The van der Waals surface area contributed by atoms with Gasteiger partial charge >= 0.3 is 0 Å². The lowest BCUT2D eigenvalue weighted by Crippen LogP contribution is -1.97. The van der Waals surface area contributed by atoms with Gasteiger partial charge in [0.05, 0.1) is 6.20 Å². The van der Waals surface area contributed by atoms with E-state index >= 15 is 0 Å². The lowest BCUT2D eigenvalue weighted by Gasteiger charge is -2.07. The Morgan fingerprint density at radius 2 is 2.16 bits per heavy atom. The number of hydrogen-bond acceptors (Lipinski definition) is 4. The minimum Gasteiger partial charge on any atom is -0.439 e. The van der Waals surface area contributed by atoms with Gasteiger partial charge < -0.3 is 10.5 Å². The molecule has 0 spiro atoms. The van der Waals surface area contributed by atoms with Crippen molar-refractivity contribution in [3.63, 3.8) is 0 Å². The predicted molar refractivity (Wildman–Crippen MR) is 72.4 cm³/mol. The molecule has 2 heterocycles. The number of nitrogens with two attached hydrogens (primary N) is 1. The smallest absolute Gasteiger partial charge is 0.222 e. The molecule has 19 heavy (non-hydrogen) atoms. The fourth-order valence-corrected chi connectivity index (χ4v) is 1.98. The maximum absolute atomic E-state index is 6.08. The quantitative estimate of drug-likeness (QED) is 0.797. The van der Waals surface area contributed by atoms with Gasteiger partial charge in [-0.1, -0.05) is 17.7 Å². The molecule has 0 amide bonds. The van der Waals surface area contributed by atoms with Crippen LogP contribution in [0.5, 0.6) is 11.6 Å². The zero-order chi connectivity index (χ0) is 13.2. The third-order valence-electron chi connectivity index (χ3n) is 2.70. The van der Waals surface area contributed by atoms with E-state index in [9.17, 15) is 0 Å². The van der Waals surface area contributed by atoms with Gasteiger partial charge in [-0.3, -0.25) is 0 Å². The van der Waals surface area contributed by atoms with Gasteiger partial charge in [-0.25, -0.2) is 4.52 Å². The third-order valence-corrected chi connectivity index (χ3v) is 3.05. The number of hydrogen-bond donors (Lipinski definition) is 1. The van der Waals surface area contributed by atoms with Gasteiger partial charge in [0.15, 0.2) is 5.65 Å². The van der Waals surface area contributed by atoms with Crippen molar-refractivity contribution < 1.29 is 4.74 Å². The third kappa shape index (κ3) is 2.38. The molecule has 0 unspecified atom stereocenters.